The van der Waals surface area contributed by atoms with Crippen molar-refractivity contribution in [1.82, 2.24) is 0 Å². The number of rotatable bonds is 4. The molecule has 21 heavy (non-hydrogen) atoms. The molecule has 2 aromatic carbocycles. The number of nitro benzene ring substituents is 1. The first-order chi connectivity index (χ1) is 10.0. The van der Waals surface area contributed by atoms with Crippen LogP contribution in [0.5, 0.6) is 5.75 Å². The third-order valence-corrected chi connectivity index (χ3v) is 2.97. The average Bonchev–Trinajstić information content (AvgIpc) is 2.47. The van der Waals surface area contributed by atoms with Crippen molar-refractivity contribution in [3.63, 3.8) is 0 Å². The van der Waals surface area contributed by atoms with Gasteiger partial charge < -0.3 is 5.11 Å². The van der Waals surface area contributed by atoms with E-state index in [-0.39, 0.29) is 34.5 Å². The topological polar surface area (TPSA) is 104 Å². The number of para-hydroxylation sites is 1. The molecule has 0 aliphatic rings. The summed E-state index contributed by atoms with van der Waals surface area (Å²) in [7, 11) is 0. The summed E-state index contributed by atoms with van der Waals surface area (Å²) in [5.74, 6) is -0.597. The Balaban J connectivity index is 2.36. The molecule has 6 heteroatoms. The minimum absolute atomic E-state index is 0.108. The van der Waals surface area contributed by atoms with Gasteiger partial charge in [-0.15, -0.1) is 0 Å². The molecule has 0 bridgehead atoms. The van der Waals surface area contributed by atoms with E-state index < -0.39 is 10.7 Å². The van der Waals surface area contributed by atoms with Gasteiger partial charge in [-0.25, -0.2) is 0 Å². The predicted octanol–water partition coefficient (Wildman–Crippen LogP) is 2.60. The molecule has 0 aliphatic carbocycles. The largest absolute Gasteiger partial charge is 0.507 e. The highest BCUT2D eigenvalue weighted by atomic mass is 16.6. The fourth-order valence-corrected chi connectivity index (χ4v) is 1.93. The van der Waals surface area contributed by atoms with Crippen LogP contribution in [0.4, 0.5) is 5.69 Å². The number of aromatic hydroxyl groups is 1. The molecule has 6 nitrogen and oxygen atoms in total. The molecule has 0 radical (unpaired) electrons. The molecule has 1 N–H and O–H groups in total. The number of nitrogens with zero attached hydrogens (tertiary/aromatic N) is 2. The van der Waals surface area contributed by atoms with Crippen LogP contribution >= 0.6 is 0 Å². The van der Waals surface area contributed by atoms with Crippen molar-refractivity contribution in [1.29, 1.82) is 5.26 Å². The highest BCUT2D eigenvalue weighted by molar-refractivity contribution is 6.00. The Morgan fingerprint density at radius 3 is 2.62 bits per heavy atom. The number of ketones is 1. The number of nitriles is 1. The van der Waals surface area contributed by atoms with Crippen molar-refractivity contribution in [3.05, 3.63) is 69.3 Å². The van der Waals surface area contributed by atoms with E-state index in [9.17, 15) is 20.0 Å². The standard InChI is InChI=1S/C15H10N2O4/c16-9-10-5-6-11(13(7-10)17(20)21)8-15(19)12-3-1-2-4-14(12)18/h1-7,18H,8H2. The Morgan fingerprint density at radius 2 is 2.00 bits per heavy atom. The van der Waals surface area contributed by atoms with E-state index in [0.717, 1.165) is 6.07 Å². The first kappa shape index (κ1) is 14.2. The molecule has 0 atom stereocenters. The number of Topliss-reactive ketones (excluding diaryl/α,β-unsaturated/α-hetero) is 1. The van der Waals surface area contributed by atoms with Crippen LogP contribution < -0.4 is 0 Å². The van der Waals surface area contributed by atoms with E-state index in [2.05, 4.69) is 0 Å². The van der Waals surface area contributed by atoms with Gasteiger partial charge in [0.1, 0.15) is 5.75 Å². The lowest BCUT2D eigenvalue weighted by Gasteiger charge is -2.05. The summed E-state index contributed by atoms with van der Waals surface area (Å²) in [5, 5.41) is 29.4. The van der Waals surface area contributed by atoms with E-state index in [1.54, 1.807) is 12.1 Å². The van der Waals surface area contributed by atoms with Gasteiger partial charge in [-0.05, 0) is 18.2 Å². The van der Waals surface area contributed by atoms with E-state index in [4.69, 9.17) is 5.26 Å². The Labute approximate surface area is 120 Å². The lowest BCUT2D eigenvalue weighted by molar-refractivity contribution is -0.385. The van der Waals surface area contributed by atoms with Crippen molar-refractivity contribution >= 4 is 11.5 Å². The zero-order valence-electron chi connectivity index (χ0n) is 10.8. The van der Waals surface area contributed by atoms with Gasteiger partial charge in [-0.2, -0.15) is 5.26 Å². The molecule has 0 amide bonds. The second kappa shape index (κ2) is 5.84. The molecule has 0 aliphatic heterocycles. The fraction of sp³-hybridized carbons (Fsp3) is 0.0667. The molecule has 0 aromatic heterocycles. The normalized spacial score (nSPS) is 9.86. The molecule has 0 saturated heterocycles. The second-order valence-electron chi connectivity index (χ2n) is 4.33. The summed E-state index contributed by atoms with van der Waals surface area (Å²) in [6.07, 6.45) is -0.223. The zero-order valence-corrected chi connectivity index (χ0v) is 10.8. The van der Waals surface area contributed by atoms with E-state index in [0.29, 0.717) is 0 Å². The molecule has 0 saturated carbocycles. The van der Waals surface area contributed by atoms with Crippen molar-refractivity contribution < 1.29 is 14.8 Å². The van der Waals surface area contributed by atoms with Crippen LogP contribution in [0, 0.1) is 21.4 Å². The SMILES string of the molecule is N#Cc1ccc(CC(=O)c2ccccc2O)c([N+](=O)[O-])c1. The second-order valence-corrected chi connectivity index (χ2v) is 4.33. The zero-order chi connectivity index (χ0) is 15.4. The van der Waals surface area contributed by atoms with E-state index >= 15 is 0 Å². The van der Waals surface area contributed by atoms with Gasteiger partial charge in [-0.1, -0.05) is 18.2 Å². The lowest BCUT2D eigenvalue weighted by Crippen LogP contribution is -2.06. The Morgan fingerprint density at radius 1 is 1.29 bits per heavy atom. The van der Waals surface area contributed by atoms with Crippen molar-refractivity contribution in [2.45, 2.75) is 6.42 Å². The number of hydrogen-bond donors (Lipinski definition) is 1. The number of hydrogen-bond acceptors (Lipinski definition) is 5. The minimum Gasteiger partial charge on any atom is -0.507 e. The van der Waals surface area contributed by atoms with Crippen LogP contribution in [0.25, 0.3) is 0 Å². The van der Waals surface area contributed by atoms with Crippen molar-refractivity contribution in [2.75, 3.05) is 0 Å². The Hall–Kier alpha value is -3.20. The summed E-state index contributed by atoms with van der Waals surface area (Å²) >= 11 is 0. The van der Waals surface area contributed by atoms with E-state index in [1.165, 1.54) is 24.3 Å². The lowest BCUT2D eigenvalue weighted by atomic mass is 10.00. The molecule has 0 fully saturated rings. The number of nitro groups is 1. The molecule has 0 spiro atoms. The van der Waals surface area contributed by atoms with Crippen LogP contribution in [0.15, 0.2) is 42.5 Å². The van der Waals surface area contributed by atoms with Crippen LogP contribution in [0.3, 0.4) is 0 Å². The van der Waals surface area contributed by atoms with Gasteiger partial charge in [0, 0.05) is 18.1 Å². The monoisotopic (exact) mass is 282 g/mol. The highest BCUT2D eigenvalue weighted by Gasteiger charge is 2.19. The van der Waals surface area contributed by atoms with Gasteiger partial charge >= 0.3 is 0 Å². The number of benzene rings is 2. The maximum Gasteiger partial charge on any atom is 0.274 e. The molecule has 2 rings (SSSR count). The smallest absolute Gasteiger partial charge is 0.274 e. The van der Waals surface area contributed by atoms with Gasteiger partial charge in [0.2, 0.25) is 0 Å². The maximum atomic E-state index is 12.1. The summed E-state index contributed by atoms with van der Waals surface area (Å²) in [6.45, 7) is 0. The summed E-state index contributed by atoms with van der Waals surface area (Å²) in [5.41, 5.74) is 0.182. The van der Waals surface area contributed by atoms with Gasteiger partial charge in [0.15, 0.2) is 5.78 Å². The molecular weight excluding hydrogens is 272 g/mol. The Bertz CT molecular complexity index is 763. The summed E-state index contributed by atoms with van der Waals surface area (Å²) < 4.78 is 0. The number of phenolic OH excluding ortho intramolecular Hbond substituents is 1. The van der Waals surface area contributed by atoms with Crippen molar-refractivity contribution in [3.8, 4) is 11.8 Å². The predicted molar refractivity (Wildman–Crippen MR) is 74.0 cm³/mol. The number of phenols is 1. The molecule has 2 aromatic rings. The molecular formula is C15H10N2O4. The third-order valence-electron chi connectivity index (χ3n) is 2.97. The van der Waals surface area contributed by atoms with Crippen LogP contribution in [-0.4, -0.2) is 15.8 Å². The molecule has 0 unspecified atom stereocenters. The summed E-state index contributed by atoms with van der Waals surface area (Å²) in [6, 6.07) is 11.8. The van der Waals surface area contributed by atoms with Crippen LogP contribution in [0.1, 0.15) is 21.5 Å². The molecule has 104 valence electrons. The van der Waals surface area contributed by atoms with Gasteiger partial charge in [0.05, 0.1) is 22.1 Å². The van der Waals surface area contributed by atoms with Crippen LogP contribution in [0.2, 0.25) is 0 Å². The Kier molecular flexibility index (Phi) is 3.95. The highest BCUT2D eigenvalue weighted by Crippen LogP contribution is 2.24. The van der Waals surface area contributed by atoms with Crippen molar-refractivity contribution in [2.24, 2.45) is 0 Å². The van der Waals surface area contributed by atoms with Gasteiger partial charge in [-0.3, -0.25) is 14.9 Å². The maximum absolute atomic E-state index is 12.1. The fourth-order valence-electron chi connectivity index (χ4n) is 1.93. The third kappa shape index (κ3) is 3.04. The van der Waals surface area contributed by atoms with E-state index in [1.807, 2.05) is 6.07 Å². The minimum atomic E-state index is -0.631. The number of carbonyl (C=O) groups excluding carboxylic acids is 1. The summed E-state index contributed by atoms with van der Waals surface area (Å²) in [4.78, 5) is 22.5. The molecule has 0 heterocycles. The quantitative estimate of drug-likeness (QED) is 0.527. The van der Waals surface area contributed by atoms with Crippen LogP contribution in [-0.2, 0) is 6.42 Å². The number of carbonyl (C=O) groups is 1. The first-order valence-electron chi connectivity index (χ1n) is 6.01. The first-order valence-corrected chi connectivity index (χ1v) is 6.01. The van der Waals surface area contributed by atoms with Gasteiger partial charge in [0.25, 0.3) is 5.69 Å². The average molecular weight is 282 g/mol.